The number of carbonyl (C=O) groups is 1. The molecule has 5 nitrogen and oxygen atoms in total. The Balaban J connectivity index is 1.83. The van der Waals surface area contributed by atoms with Crippen LogP contribution in [-0.2, 0) is 0 Å². The van der Waals surface area contributed by atoms with Crippen molar-refractivity contribution in [2.24, 2.45) is 0 Å². The summed E-state index contributed by atoms with van der Waals surface area (Å²) in [5.41, 5.74) is -1.12. The number of halogens is 6. The fraction of sp³-hybridized carbons (Fsp3) is 0.0625. The van der Waals surface area contributed by atoms with Gasteiger partial charge in [-0.2, -0.15) is 8.78 Å². The second kappa shape index (κ2) is 8.27. The number of methoxy groups -OCH3 is 1. The van der Waals surface area contributed by atoms with Crippen LogP contribution in [0.2, 0.25) is 10.0 Å². The Morgan fingerprint density at radius 3 is 2.34 bits per heavy atom. The standard InChI is InChI=1S/C16H7Cl2F4N3O2S2/c1-27-13-10(21)8(19)6(9(20)11(13)22)14(26)24-15(28)25-16-23-12-5(29-16)3-2-4(17)7(12)18/h2-3H,1H3,(H2,23,24,25,26,28). The zero-order valence-electron chi connectivity index (χ0n) is 14.0. The average Bonchev–Trinajstić information content (AvgIpc) is 3.07. The monoisotopic (exact) mass is 483 g/mol. The van der Waals surface area contributed by atoms with Crippen molar-refractivity contribution in [3.05, 3.63) is 51.0 Å². The molecule has 29 heavy (non-hydrogen) atoms. The summed E-state index contributed by atoms with van der Waals surface area (Å²) in [6, 6.07) is 3.22. The van der Waals surface area contributed by atoms with E-state index >= 15 is 0 Å². The molecule has 0 aliphatic carbocycles. The van der Waals surface area contributed by atoms with Crippen molar-refractivity contribution < 1.29 is 27.1 Å². The minimum absolute atomic E-state index is 0.183. The number of hydrogen-bond acceptors (Lipinski definition) is 5. The van der Waals surface area contributed by atoms with E-state index in [4.69, 9.17) is 35.4 Å². The quantitative estimate of drug-likeness (QED) is 0.301. The molecule has 0 aliphatic rings. The molecule has 0 fully saturated rings. The number of benzene rings is 2. The number of nitrogens with zero attached hydrogens (tertiary/aromatic N) is 1. The molecule has 0 saturated heterocycles. The van der Waals surface area contributed by atoms with Gasteiger partial charge in [0.05, 0.1) is 21.9 Å². The summed E-state index contributed by atoms with van der Waals surface area (Å²) < 4.78 is 60.5. The molecule has 0 unspecified atom stereocenters. The van der Waals surface area contributed by atoms with Crippen molar-refractivity contribution in [3.8, 4) is 5.75 Å². The minimum atomic E-state index is -1.93. The van der Waals surface area contributed by atoms with Gasteiger partial charge in [-0.15, -0.1) is 0 Å². The van der Waals surface area contributed by atoms with E-state index in [9.17, 15) is 22.4 Å². The molecule has 1 amide bonds. The van der Waals surface area contributed by atoms with E-state index in [0.29, 0.717) is 10.2 Å². The van der Waals surface area contributed by atoms with Gasteiger partial charge in [0.2, 0.25) is 11.6 Å². The zero-order valence-corrected chi connectivity index (χ0v) is 17.1. The summed E-state index contributed by atoms with van der Waals surface area (Å²) in [4.78, 5) is 16.3. The SMILES string of the molecule is COc1c(F)c(F)c(C(=O)NC(=S)Nc2nc3c(Cl)c(Cl)ccc3s2)c(F)c1F. The highest BCUT2D eigenvalue weighted by Gasteiger charge is 2.30. The van der Waals surface area contributed by atoms with Gasteiger partial charge in [0.1, 0.15) is 11.1 Å². The molecule has 3 aromatic rings. The second-order valence-corrected chi connectivity index (χ2v) is 7.52. The Bertz CT molecular complexity index is 1140. The van der Waals surface area contributed by atoms with Crippen LogP contribution in [0.25, 0.3) is 10.2 Å². The fourth-order valence-electron chi connectivity index (χ4n) is 2.27. The van der Waals surface area contributed by atoms with Gasteiger partial charge in [-0.25, -0.2) is 13.8 Å². The van der Waals surface area contributed by atoms with Crippen LogP contribution in [0, 0.1) is 23.3 Å². The van der Waals surface area contributed by atoms with Crippen molar-refractivity contribution >= 4 is 73.1 Å². The fourth-order valence-corrected chi connectivity index (χ4v) is 3.82. The zero-order chi connectivity index (χ0) is 21.5. The maximum Gasteiger partial charge on any atom is 0.263 e. The van der Waals surface area contributed by atoms with E-state index in [2.05, 4.69) is 15.0 Å². The van der Waals surface area contributed by atoms with Gasteiger partial charge >= 0.3 is 0 Å². The number of rotatable bonds is 3. The predicted molar refractivity (Wildman–Crippen MR) is 106 cm³/mol. The topological polar surface area (TPSA) is 63.2 Å². The molecule has 0 spiro atoms. The number of carbonyl (C=O) groups excluding carboxylic acids is 1. The molecule has 0 atom stereocenters. The first-order valence-electron chi connectivity index (χ1n) is 7.42. The molecule has 2 aromatic carbocycles. The third-order valence-corrected chi connectivity index (χ3v) is 5.49. The molecule has 13 heteroatoms. The Hall–Kier alpha value is -2.21. The van der Waals surface area contributed by atoms with Gasteiger partial charge in [0.15, 0.2) is 27.6 Å². The molecule has 0 radical (unpaired) electrons. The van der Waals surface area contributed by atoms with Crippen LogP contribution in [0.4, 0.5) is 22.7 Å². The molecular weight excluding hydrogens is 477 g/mol. The summed E-state index contributed by atoms with van der Waals surface area (Å²) in [7, 11) is 0.816. The highest BCUT2D eigenvalue weighted by atomic mass is 35.5. The molecule has 0 bridgehead atoms. The first-order valence-corrected chi connectivity index (χ1v) is 9.40. The van der Waals surface area contributed by atoms with E-state index in [1.807, 2.05) is 5.32 Å². The maximum atomic E-state index is 14.0. The third-order valence-electron chi connectivity index (χ3n) is 3.55. The van der Waals surface area contributed by atoms with E-state index < -0.39 is 45.6 Å². The molecule has 0 aliphatic heterocycles. The molecule has 0 saturated carbocycles. The lowest BCUT2D eigenvalue weighted by Crippen LogP contribution is -2.35. The van der Waals surface area contributed by atoms with Crippen molar-refractivity contribution in [1.29, 1.82) is 0 Å². The van der Waals surface area contributed by atoms with Crippen LogP contribution in [0.5, 0.6) is 5.75 Å². The first kappa shape index (κ1) is 21.5. The van der Waals surface area contributed by atoms with Crippen molar-refractivity contribution in [3.63, 3.8) is 0 Å². The number of nitrogens with one attached hydrogen (secondary N) is 2. The Kier molecular flexibility index (Phi) is 6.13. The molecule has 1 heterocycles. The number of fused-ring (bicyclic) bond motifs is 1. The van der Waals surface area contributed by atoms with E-state index in [1.165, 1.54) is 0 Å². The number of thiocarbonyl (C=S) groups is 1. The Labute approximate surface area is 179 Å². The number of ether oxygens (including phenoxy) is 1. The molecule has 2 N–H and O–H groups in total. The number of thiazole rings is 1. The minimum Gasteiger partial charge on any atom is -0.491 e. The largest absolute Gasteiger partial charge is 0.491 e. The lowest BCUT2D eigenvalue weighted by molar-refractivity contribution is 0.0966. The number of hydrogen-bond donors (Lipinski definition) is 2. The Morgan fingerprint density at radius 2 is 1.76 bits per heavy atom. The van der Waals surface area contributed by atoms with E-state index in [1.54, 1.807) is 12.1 Å². The van der Waals surface area contributed by atoms with Crippen LogP contribution < -0.4 is 15.4 Å². The summed E-state index contributed by atoms with van der Waals surface area (Å²) in [5.74, 6) is -10.4. The summed E-state index contributed by atoms with van der Waals surface area (Å²) in [5, 5.41) is 4.68. The highest BCUT2D eigenvalue weighted by molar-refractivity contribution is 7.80. The third kappa shape index (κ3) is 3.95. The van der Waals surface area contributed by atoms with Crippen molar-refractivity contribution in [2.45, 2.75) is 0 Å². The second-order valence-electron chi connectivity index (χ2n) is 5.30. The summed E-state index contributed by atoms with van der Waals surface area (Å²) >= 11 is 17.9. The maximum absolute atomic E-state index is 14.0. The highest BCUT2D eigenvalue weighted by Crippen LogP contribution is 2.35. The molecule has 152 valence electrons. The normalized spacial score (nSPS) is 10.9. The van der Waals surface area contributed by atoms with E-state index in [0.717, 1.165) is 18.4 Å². The molecule has 3 rings (SSSR count). The van der Waals surface area contributed by atoms with Gasteiger partial charge in [0, 0.05) is 0 Å². The van der Waals surface area contributed by atoms with Crippen LogP contribution in [0.3, 0.4) is 0 Å². The first-order chi connectivity index (χ1) is 13.6. The van der Waals surface area contributed by atoms with Crippen LogP contribution >= 0.6 is 46.8 Å². The van der Waals surface area contributed by atoms with Gasteiger partial charge in [-0.1, -0.05) is 34.5 Å². The predicted octanol–water partition coefficient (Wildman–Crippen LogP) is 5.29. The van der Waals surface area contributed by atoms with Gasteiger partial charge in [0.25, 0.3) is 5.91 Å². The molecular formula is C16H7Cl2F4N3O2S2. The number of anilines is 1. The lowest BCUT2D eigenvalue weighted by Gasteiger charge is -2.11. The summed E-state index contributed by atoms with van der Waals surface area (Å²) in [6.45, 7) is 0. The average molecular weight is 484 g/mol. The number of amides is 1. The van der Waals surface area contributed by atoms with Crippen LogP contribution in [0.1, 0.15) is 10.4 Å². The van der Waals surface area contributed by atoms with Gasteiger partial charge < -0.3 is 10.1 Å². The van der Waals surface area contributed by atoms with Crippen molar-refractivity contribution in [1.82, 2.24) is 10.3 Å². The Morgan fingerprint density at radius 1 is 1.14 bits per heavy atom. The smallest absolute Gasteiger partial charge is 0.263 e. The number of aromatic nitrogens is 1. The molecule has 1 aromatic heterocycles. The summed E-state index contributed by atoms with van der Waals surface area (Å²) in [6.07, 6.45) is 0. The van der Waals surface area contributed by atoms with E-state index in [-0.39, 0.29) is 15.2 Å². The lowest BCUT2D eigenvalue weighted by atomic mass is 10.1. The van der Waals surface area contributed by atoms with Crippen molar-refractivity contribution in [2.75, 3.05) is 12.4 Å². The van der Waals surface area contributed by atoms with Crippen LogP contribution in [0.15, 0.2) is 12.1 Å². The van der Waals surface area contributed by atoms with Crippen LogP contribution in [-0.4, -0.2) is 23.1 Å². The van der Waals surface area contributed by atoms with Gasteiger partial charge in [-0.3, -0.25) is 10.1 Å². The van der Waals surface area contributed by atoms with Gasteiger partial charge in [-0.05, 0) is 24.4 Å².